The summed E-state index contributed by atoms with van der Waals surface area (Å²) < 4.78 is 0. The molecule has 4 aliphatic carbocycles. The maximum Gasteiger partial charge on any atom is 0.306 e. The Bertz CT molecular complexity index is 1190. The molecular formula is C30H40O7. The molecule has 0 heterocycles. The lowest BCUT2D eigenvalue weighted by atomic mass is 9.43. The summed E-state index contributed by atoms with van der Waals surface area (Å²) in [6.45, 7) is 12.9. The summed E-state index contributed by atoms with van der Waals surface area (Å²) in [4.78, 5) is 65.5. The average molecular weight is 513 g/mol. The second-order valence-corrected chi connectivity index (χ2v) is 13.3. The van der Waals surface area contributed by atoms with Crippen LogP contribution in [0.3, 0.4) is 0 Å². The Labute approximate surface area is 218 Å². The molecule has 0 saturated heterocycles. The Morgan fingerprint density at radius 3 is 2.24 bits per heavy atom. The number of aliphatic hydroxyl groups is 1. The molecule has 0 aromatic rings. The van der Waals surface area contributed by atoms with Crippen LogP contribution in [0.4, 0.5) is 0 Å². The summed E-state index contributed by atoms with van der Waals surface area (Å²) in [5.41, 5.74) is -0.969. The maximum atomic E-state index is 14.0. The van der Waals surface area contributed by atoms with E-state index in [2.05, 4.69) is 0 Å². The summed E-state index contributed by atoms with van der Waals surface area (Å²) in [7, 11) is 0. The van der Waals surface area contributed by atoms with Gasteiger partial charge in [0.25, 0.3) is 0 Å². The molecule has 1 unspecified atom stereocenters. The number of rotatable bonds is 5. The van der Waals surface area contributed by atoms with Gasteiger partial charge in [-0.3, -0.25) is 24.0 Å². The number of fused-ring (bicyclic) bond motifs is 4. The number of aliphatic hydroxyl groups excluding tert-OH is 1. The lowest BCUT2D eigenvalue weighted by molar-refractivity contribution is -0.143. The topological polar surface area (TPSA) is 126 Å². The fourth-order valence-corrected chi connectivity index (χ4v) is 8.30. The zero-order valence-electron chi connectivity index (χ0n) is 23.1. The minimum atomic E-state index is -1.17. The molecule has 0 aromatic carbocycles. The first kappa shape index (κ1) is 27.6. The van der Waals surface area contributed by atoms with E-state index in [-0.39, 0.29) is 61.2 Å². The number of carboxylic acids is 1. The van der Waals surface area contributed by atoms with E-state index in [1.165, 1.54) is 6.92 Å². The zero-order valence-corrected chi connectivity index (χ0v) is 23.1. The molecule has 2 fully saturated rings. The minimum absolute atomic E-state index is 0.0197. The van der Waals surface area contributed by atoms with Gasteiger partial charge in [-0.15, -0.1) is 0 Å². The SMILES string of the molecule is CC(CC(=O)CC(C)C(=O)O)=C1CC(=O)[C@@]2(C)C3=C(C(=O)C[C@]12C)[C@@]1(C)CC[C@H](O)C(C)(C)[C@@H]1CC3=O. The average Bonchev–Trinajstić information content (AvgIpc) is 2.99. The zero-order chi connectivity index (χ0) is 27.9. The van der Waals surface area contributed by atoms with E-state index < -0.39 is 39.7 Å². The van der Waals surface area contributed by atoms with Crippen LogP contribution in [0, 0.1) is 33.5 Å². The predicted octanol–water partition coefficient (Wildman–Crippen LogP) is 4.40. The van der Waals surface area contributed by atoms with Gasteiger partial charge in [-0.25, -0.2) is 0 Å². The number of carboxylic acid groups (broad SMARTS) is 1. The summed E-state index contributed by atoms with van der Waals surface area (Å²) in [5.74, 6) is -2.66. The van der Waals surface area contributed by atoms with Gasteiger partial charge in [0, 0.05) is 54.1 Å². The van der Waals surface area contributed by atoms with Crippen LogP contribution >= 0.6 is 0 Å². The number of hydrogen-bond donors (Lipinski definition) is 2. The lowest BCUT2D eigenvalue weighted by Crippen LogP contribution is -2.59. The minimum Gasteiger partial charge on any atom is -0.481 e. The predicted molar refractivity (Wildman–Crippen MR) is 136 cm³/mol. The van der Waals surface area contributed by atoms with Gasteiger partial charge in [0.1, 0.15) is 11.6 Å². The molecule has 37 heavy (non-hydrogen) atoms. The molecule has 0 bridgehead atoms. The summed E-state index contributed by atoms with van der Waals surface area (Å²) >= 11 is 0. The number of carbonyl (C=O) groups is 5. The summed E-state index contributed by atoms with van der Waals surface area (Å²) in [6, 6.07) is 0. The van der Waals surface area contributed by atoms with Crippen molar-refractivity contribution in [1.29, 1.82) is 0 Å². The van der Waals surface area contributed by atoms with Crippen molar-refractivity contribution in [3.63, 3.8) is 0 Å². The highest BCUT2D eigenvalue weighted by Gasteiger charge is 2.69. The van der Waals surface area contributed by atoms with Crippen molar-refractivity contribution >= 4 is 29.1 Å². The van der Waals surface area contributed by atoms with Crippen molar-refractivity contribution in [2.24, 2.45) is 33.5 Å². The van der Waals surface area contributed by atoms with Crippen LogP contribution in [-0.4, -0.2) is 45.4 Å². The fraction of sp³-hybridized carbons (Fsp3) is 0.700. The quantitative estimate of drug-likeness (QED) is 0.523. The summed E-state index contributed by atoms with van der Waals surface area (Å²) in [5, 5.41) is 19.9. The van der Waals surface area contributed by atoms with Gasteiger partial charge in [-0.05, 0) is 38.0 Å². The molecule has 4 rings (SSSR count). The van der Waals surface area contributed by atoms with E-state index in [9.17, 15) is 29.1 Å². The molecule has 0 amide bonds. The first-order valence-electron chi connectivity index (χ1n) is 13.4. The van der Waals surface area contributed by atoms with Gasteiger partial charge in [0.05, 0.1) is 17.4 Å². The molecule has 202 valence electrons. The maximum absolute atomic E-state index is 14.0. The van der Waals surface area contributed by atoms with Gasteiger partial charge in [0.2, 0.25) is 0 Å². The molecule has 0 aromatic heterocycles. The third kappa shape index (κ3) is 3.67. The van der Waals surface area contributed by atoms with Gasteiger partial charge in [-0.2, -0.15) is 0 Å². The highest BCUT2D eigenvalue weighted by molar-refractivity contribution is 6.17. The van der Waals surface area contributed by atoms with Crippen LogP contribution in [-0.2, 0) is 24.0 Å². The van der Waals surface area contributed by atoms with Crippen LogP contribution in [0.15, 0.2) is 22.3 Å². The van der Waals surface area contributed by atoms with Crippen LogP contribution in [0.2, 0.25) is 0 Å². The molecule has 0 spiro atoms. The molecule has 2 N–H and O–H groups in total. The fourth-order valence-electron chi connectivity index (χ4n) is 8.30. The first-order chi connectivity index (χ1) is 16.9. The van der Waals surface area contributed by atoms with Crippen LogP contribution in [0.1, 0.15) is 93.4 Å². The van der Waals surface area contributed by atoms with E-state index in [1.807, 2.05) is 27.7 Å². The monoisotopic (exact) mass is 512 g/mol. The first-order valence-corrected chi connectivity index (χ1v) is 13.4. The van der Waals surface area contributed by atoms with Gasteiger partial charge < -0.3 is 10.2 Å². The Morgan fingerprint density at radius 2 is 1.65 bits per heavy atom. The lowest BCUT2D eigenvalue weighted by Gasteiger charge is -2.59. The largest absolute Gasteiger partial charge is 0.481 e. The number of ketones is 4. The number of carbonyl (C=O) groups excluding carboxylic acids is 4. The van der Waals surface area contributed by atoms with E-state index >= 15 is 0 Å². The molecule has 7 nitrogen and oxygen atoms in total. The third-order valence-corrected chi connectivity index (χ3v) is 10.8. The van der Waals surface area contributed by atoms with E-state index in [4.69, 9.17) is 5.11 Å². The highest BCUT2D eigenvalue weighted by Crippen LogP contribution is 2.69. The van der Waals surface area contributed by atoms with E-state index in [0.717, 1.165) is 5.57 Å². The van der Waals surface area contributed by atoms with Crippen LogP contribution in [0.25, 0.3) is 0 Å². The van der Waals surface area contributed by atoms with Crippen molar-refractivity contribution in [3.8, 4) is 0 Å². The Balaban J connectivity index is 1.82. The Kier molecular flexibility index (Phi) is 6.38. The second kappa shape index (κ2) is 8.55. The van der Waals surface area contributed by atoms with Crippen molar-refractivity contribution in [1.82, 2.24) is 0 Å². The van der Waals surface area contributed by atoms with Crippen molar-refractivity contribution in [3.05, 3.63) is 22.3 Å². The standard InChI is InChI=1S/C30H40O7/c1-15(10-17(31)11-16(2)26(36)37)18-12-23(35)30(7)25-19(32)13-21-27(3,4)22(34)8-9-28(21,5)24(25)20(33)14-29(18,30)6/h16,21-22,34H,8-14H2,1-7H3,(H,36,37)/t16?,21-,22-,28-,29+,30-/m0/s1. The highest BCUT2D eigenvalue weighted by atomic mass is 16.4. The third-order valence-electron chi connectivity index (χ3n) is 10.8. The van der Waals surface area contributed by atoms with E-state index in [0.29, 0.717) is 29.6 Å². The number of hydrogen-bond acceptors (Lipinski definition) is 6. The van der Waals surface area contributed by atoms with Crippen molar-refractivity contribution in [2.45, 2.75) is 99.5 Å². The molecule has 2 saturated carbocycles. The van der Waals surface area contributed by atoms with Crippen LogP contribution in [0.5, 0.6) is 0 Å². The van der Waals surface area contributed by atoms with Gasteiger partial charge in [-0.1, -0.05) is 45.8 Å². The normalized spacial score (nSPS) is 39.1. The molecule has 6 atom stereocenters. The molecule has 0 aliphatic heterocycles. The summed E-state index contributed by atoms with van der Waals surface area (Å²) in [6.07, 6.45) is 0.811. The van der Waals surface area contributed by atoms with Crippen molar-refractivity contribution < 1.29 is 34.2 Å². The van der Waals surface area contributed by atoms with Gasteiger partial charge >= 0.3 is 5.97 Å². The number of allylic oxidation sites excluding steroid dienone is 4. The molecule has 4 aliphatic rings. The second-order valence-electron chi connectivity index (χ2n) is 13.3. The molecule has 7 heteroatoms. The smallest absolute Gasteiger partial charge is 0.306 e. The Hall–Kier alpha value is -2.41. The van der Waals surface area contributed by atoms with Gasteiger partial charge in [0.15, 0.2) is 11.6 Å². The van der Waals surface area contributed by atoms with E-state index in [1.54, 1.807) is 13.8 Å². The number of Topliss-reactive ketones (excluding diaryl/α,β-unsaturated/α-hetero) is 4. The number of aliphatic carboxylic acids is 1. The Morgan fingerprint density at radius 1 is 1.03 bits per heavy atom. The molecular weight excluding hydrogens is 472 g/mol. The van der Waals surface area contributed by atoms with Crippen LogP contribution < -0.4 is 0 Å². The van der Waals surface area contributed by atoms with Crippen molar-refractivity contribution in [2.75, 3.05) is 0 Å². The molecule has 0 radical (unpaired) electrons.